The van der Waals surface area contributed by atoms with Crippen LogP contribution in [0.4, 0.5) is 5.69 Å². The molecule has 4 N–H and O–H groups in total. The van der Waals surface area contributed by atoms with Crippen molar-refractivity contribution in [3.8, 4) is 0 Å². The van der Waals surface area contributed by atoms with E-state index >= 15 is 0 Å². The maximum Gasteiger partial charge on any atom is 0.251 e. The lowest BCUT2D eigenvalue weighted by atomic mass is 10.0. The fourth-order valence-corrected chi connectivity index (χ4v) is 2.21. The minimum Gasteiger partial charge on any atom is -0.322 e. The van der Waals surface area contributed by atoms with Crippen molar-refractivity contribution in [3.63, 3.8) is 0 Å². The van der Waals surface area contributed by atoms with Crippen LogP contribution >= 0.6 is 0 Å². The van der Waals surface area contributed by atoms with Crippen molar-refractivity contribution < 1.29 is 13.2 Å². The Hall–Kier alpha value is -1.70. The van der Waals surface area contributed by atoms with Gasteiger partial charge in [0.05, 0.1) is 4.90 Å². The Bertz CT molecular complexity index is 644. The fourth-order valence-electron chi connectivity index (χ4n) is 1.65. The number of anilines is 1. The van der Waals surface area contributed by atoms with Gasteiger partial charge >= 0.3 is 0 Å². The van der Waals surface area contributed by atoms with Gasteiger partial charge < -0.3 is 10.6 Å². The van der Waals surface area contributed by atoms with Crippen LogP contribution in [0.3, 0.4) is 0 Å². The van der Waals surface area contributed by atoms with Gasteiger partial charge in [-0.1, -0.05) is 6.07 Å². The van der Waals surface area contributed by atoms with E-state index in [0.29, 0.717) is 11.3 Å². The molecule has 6 nitrogen and oxygen atoms in total. The molecule has 7 heteroatoms. The number of carbonyl (C=O) groups is 1. The van der Waals surface area contributed by atoms with Gasteiger partial charge in [0.25, 0.3) is 5.91 Å². The van der Waals surface area contributed by atoms with Crippen molar-refractivity contribution >= 4 is 21.6 Å². The minimum atomic E-state index is -3.76. The summed E-state index contributed by atoms with van der Waals surface area (Å²) in [6, 6.07) is 5.86. The van der Waals surface area contributed by atoms with Crippen molar-refractivity contribution in [3.05, 3.63) is 35.4 Å². The Morgan fingerprint density at radius 3 is 2.58 bits per heavy atom. The molecule has 1 aromatic carbocycles. The number of rotatable bonds is 3. The number of nitrogens with two attached hydrogens (primary N) is 1. The third-order valence-corrected chi connectivity index (χ3v) is 3.88. The SMILES string of the molecule is CC(C(=O)Nc1cccc(S(N)(=O)=O)c1)=C1CNC1. The summed E-state index contributed by atoms with van der Waals surface area (Å²) in [5.41, 5.74) is 2.11. The molecule has 0 radical (unpaired) electrons. The molecule has 102 valence electrons. The molecule has 2 rings (SSSR count). The van der Waals surface area contributed by atoms with Crippen molar-refractivity contribution in [2.75, 3.05) is 18.4 Å². The average Bonchev–Trinajstić information content (AvgIpc) is 2.25. The minimum absolute atomic E-state index is 0.0269. The molecular formula is C12H15N3O3S. The second kappa shape index (κ2) is 5.12. The van der Waals surface area contributed by atoms with E-state index in [-0.39, 0.29) is 10.8 Å². The molecule has 1 aliphatic heterocycles. The number of primary sulfonamides is 1. The van der Waals surface area contributed by atoms with E-state index in [1.807, 2.05) is 0 Å². The van der Waals surface area contributed by atoms with Crippen LogP contribution in [0.5, 0.6) is 0 Å². The maximum absolute atomic E-state index is 11.9. The molecule has 1 fully saturated rings. The Labute approximate surface area is 111 Å². The smallest absolute Gasteiger partial charge is 0.251 e. The topological polar surface area (TPSA) is 101 Å². The molecule has 0 saturated carbocycles. The Balaban J connectivity index is 2.18. The predicted octanol–water partition coefficient (Wildman–Crippen LogP) is 0.192. The molecule has 1 aromatic rings. The van der Waals surface area contributed by atoms with Crippen molar-refractivity contribution in [1.82, 2.24) is 5.32 Å². The lowest BCUT2D eigenvalue weighted by Crippen LogP contribution is -2.36. The Morgan fingerprint density at radius 2 is 2.05 bits per heavy atom. The summed E-state index contributed by atoms with van der Waals surface area (Å²) in [5.74, 6) is -0.233. The van der Waals surface area contributed by atoms with E-state index in [2.05, 4.69) is 10.6 Å². The van der Waals surface area contributed by atoms with Crippen LogP contribution in [-0.2, 0) is 14.8 Å². The molecule has 19 heavy (non-hydrogen) atoms. The van der Waals surface area contributed by atoms with Crippen LogP contribution in [0.1, 0.15) is 6.92 Å². The van der Waals surface area contributed by atoms with Gasteiger partial charge in [-0.3, -0.25) is 4.79 Å². The summed E-state index contributed by atoms with van der Waals surface area (Å²) >= 11 is 0. The van der Waals surface area contributed by atoms with Gasteiger partial charge in [0.15, 0.2) is 0 Å². The zero-order valence-corrected chi connectivity index (χ0v) is 11.3. The average molecular weight is 281 g/mol. The molecule has 0 atom stereocenters. The normalized spacial score (nSPS) is 14.7. The van der Waals surface area contributed by atoms with E-state index < -0.39 is 10.0 Å². The fraction of sp³-hybridized carbons (Fsp3) is 0.250. The molecule has 0 aromatic heterocycles. The molecule has 0 unspecified atom stereocenters. The van der Waals surface area contributed by atoms with E-state index in [9.17, 15) is 13.2 Å². The van der Waals surface area contributed by atoms with Gasteiger partial charge in [0.2, 0.25) is 10.0 Å². The number of hydrogen-bond acceptors (Lipinski definition) is 4. The molecule has 1 amide bonds. The second-order valence-corrected chi connectivity index (χ2v) is 5.92. The summed E-state index contributed by atoms with van der Waals surface area (Å²) in [7, 11) is -3.76. The molecule has 0 spiro atoms. The zero-order valence-electron chi connectivity index (χ0n) is 10.4. The first kappa shape index (κ1) is 13.7. The van der Waals surface area contributed by atoms with Crippen LogP contribution < -0.4 is 15.8 Å². The lowest BCUT2D eigenvalue weighted by Gasteiger charge is -2.21. The van der Waals surface area contributed by atoms with Gasteiger partial charge in [-0.25, -0.2) is 13.6 Å². The number of nitrogens with one attached hydrogen (secondary N) is 2. The molecular weight excluding hydrogens is 266 g/mol. The zero-order chi connectivity index (χ0) is 14.0. The highest BCUT2D eigenvalue weighted by Crippen LogP contribution is 2.16. The van der Waals surface area contributed by atoms with Crippen molar-refractivity contribution in [1.29, 1.82) is 0 Å². The first-order valence-electron chi connectivity index (χ1n) is 5.71. The highest BCUT2D eigenvalue weighted by Gasteiger charge is 2.16. The van der Waals surface area contributed by atoms with Crippen LogP contribution in [0.25, 0.3) is 0 Å². The number of carbonyl (C=O) groups excluding carboxylic acids is 1. The Kier molecular flexibility index (Phi) is 3.70. The van der Waals surface area contributed by atoms with Crippen LogP contribution in [0, 0.1) is 0 Å². The summed E-state index contributed by atoms with van der Waals surface area (Å²) in [6.07, 6.45) is 0. The first-order valence-corrected chi connectivity index (χ1v) is 7.26. The van der Waals surface area contributed by atoms with E-state index in [0.717, 1.165) is 18.7 Å². The van der Waals surface area contributed by atoms with Gasteiger partial charge in [-0.2, -0.15) is 0 Å². The number of amides is 1. The van der Waals surface area contributed by atoms with Gasteiger partial charge in [0.1, 0.15) is 0 Å². The summed E-state index contributed by atoms with van der Waals surface area (Å²) in [5, 5.41) is 10.8. The lowest BCUT2D eigenvalue weighted by molar-refractivity contribution is -0.112. The van der Waals surface area contributed by atoms with Gasteiger partial charge in [-0.15, -0.1) is 0 Å². The molecule has 0 bridgehead atoms. The predicted molar refractivity (Wildman–Crippen MR) is 72.0 cm³/mol. The summed E-state index contributed by atoms with van der Waals surface area (Å²) in [4.78, 5) is 11.9. The summed E-state index contributed by atoms with van der Waals surface area (Å²) < 4.78 is 22.4. The maximum atomic E-state index is 11.9. The monoisotopic (exact) mass is 281 g/mol. The molecule has 1 aliphatic rings. The van der Waals surface area contributed by atoms with Crippen LogP contribution in [0.15, 0.2) is 40.3 Å². The third-order valence-electron chi connectivity index (χ3n) is 2.97. The quantitative estimate of drug-likeness (QED) is 0.688. The largest absolute Gasteiger partial charge is 0.322 e. The number of benzene rings is 1. The van der Waals surface area contributed by atoms with Crippen LogP contribution in [0.2, 0.25) is 0 Å². The second-order valence-electron chi connectivity index (χ2n) is 4.36. The number of sulfonamides is 1. The van der Waals surface area contributed by atoms with Crippen molar-refractivity contribution in [2.45, 2.75) is 11.8 Å². The van der Waals surface area contributed by atoms with Gasteiger partial charge in [-0.05, 0) is 30.7 Å². The third kappa shape index (κ3) is 3.19. The van der Waals surface area contributed by atoms with Gasteiger partial charge in [0, 0.05) is 24.4 Å². The molecule has 0 aliphatic carbocycles. The Morgan fingerprint density at radius 1 is 1.37 bits per heavy atom. The number of hydrogen-bond donors (Lipinski definition) is 3. The molecule has 1 heterocycles. The van der Waals surface area contributed by atoms with Crippen LogP contribution in [-0.4, -0.2) is 27.4 Å². The standard InChI is InChI=1S/C12H15N3O3S/c1-8(9-6-14-7-9)12(16)15-10-3-2-4-11(5-10)19(13,17)18/h2-5,14H,6-7H2,1H3,(H,15,16)(H2,13,17,18). The molecule has 1 saturated heterocycles. The van der Waals surface area contributed by atoms with Crippen molar-refractivity contribution in [2.24, 2.45) is 5.14 Å². The van der Waals surface area contributed by atoms with E-state index in [1.165, 1.54) is 18.2 Å². The summed E-state index contributed by atoms with van der Waals surface area (Å²) in [6.45, 7) is 3.18. The van der Waals surface area contributed by atoms with E-state index in [1.54, 1.807) is 13.0 Å². The van der Waals surface area contributed by atoms with E-state index in [4.69, 9.17) is 5.14 Å². The highest BCUT2D eigenvalue weighted by molar-refractivity contribution is 7.89. The highest BCUT2D eigenvalue weighted by atomic mass is 32.2. The first-order chi connectivity index (χ1) is 8.88.